The van der Waals surface area contributed by atoms with Gasteiger partial charge in [-0.3, -0.25) is 14.6 Å². The lowest BCUT2D eigenvalue weighted by molar-refractivity contribution is -0.138. The van der Waals surface area contributed by atoms with Gasteiger partial charge in [0.2, 0.25) is 5.91 Å². The molecule has 0 saturated heterocycles. The molecule has 3 rings (SSSR count). The average Bonchev–Trinajstić information content (AvgIpc) is 2.96. The summed E-state index contributed by atoms with van der Waals surface area (Å²) in [7, 11) is 0. The Morgan fingerprint density at radius 2 is 1.96 bits per heavy atom. The van der Waals surface area contributed by atoms with E-state index in [9.17, 15) is 27.2 Å². The Morgan fingerprint density at radius 3 is 2.61 bits per heavy atom. The number of thiophene rings is 1. The molecule has 28 heavy (non-hydrogen) atoms. The fraction of sp³-hybridized carbons (Fsp3) is 0.389. The minimum atomic E-state index is -4.70. The van der Waals surface area contributed by atoms with Crippen LogP contribution in [0.5, 0.6) is 0 Å². The van der Waals surface area contributed by atoms with E-state index in [0.29, 0.717) is 29.2 Å². The second kappa shape index (κ2) is 7.86. The molecule has 2 heterocycles. The van der Waals surface area contributed by atoms with E-state index >= 15 is 0 Å². The molecule has 2 N–H and O–H groups in total. The average molecular weight is 415 g/mol. The molecule has 5 nitrogen and oxygen atoms in total. The van der Waals surface area contributed by atoms with Crippen LogP contribution in [0, 0.1) is 5.82 Å². The van der Waals surface area contributed by atoms with E-state index in [1.165, 1.54) is 18.3 Å². The Bertz CT molecular complexity index is 924. The van der Waals surface area contributed by atoms with Gasteiger partial charge in [-0.1, -0.05) is 0 Å². The maximum absolute atomic E-state index is 13.9. The normalized spacial score (nSPS) is 13.8. The maximum atomic E-state index is 13.9. The molecule has 0 fully saturated rings. The van der Waals surface area contributed by atoms with Gasteiger partial charge in [0.05, 0.1) is 23.4 Å². The van der Waals surface area contributed by atoms with Crippen LogP contribution in [0.4, 0.5) is 22.6 Å². The highest BCUT2D eigenvalue weighted by molar-refractivity contribution is 7.17. The van der Waals surface area contributed by atoms with Crippen LogP contribution in [0.1, 0.15) is 51.8 Å². The van der Waals surface area contributed by atoms with Crippen molar-refractivity contribution in [3.63, 3.8) is 0 Å². The smallest absolute Gasteiger partial charge is 0.346 e. The molecular weight excluding hydrogens is 398 g/mol. The minimum absolute atomic E-state index is 0.300. The second-order valence-corrected chi connectivity index (χ2v) is 7.53. The van der Waals surface area contributed by atoms with Crippen molar-refractivity contribution in [1.29, 1.82) is 0 Å². The van der Waals surface area contributed by atoms with Gasteiger partial charge in [-0.05, 0) is 37.3 Å². The molecule has 0 aromatic carbocycles. The monoisotopic (exact) mass is 415 g/mol. The van der Waals surface area contributed by atoms with Crippen molar-refractivity contribution < 1.29 is 27.2 Å². The number of aromatic nitrogens is 1. The zero-order valence-corrected chi connectivity index (χ0v) is 15.7. The number of hydrogen-bond acceptors (Lipinski definition) is 4. The predicted molar refractivity (Wildman–Crippen MR) is 95.6 cm³/mol. The van der Waals surface area contributed by atoms with Crippen LogP contribution in [0.25, 0.3) is 0 Å². The number of nitrogens with one attached hydrogen (secondary N) is 2. The number of rotatable bonds is 4. The van der Waals surface area contributed by atoms with Gasteiger partial charge in [-0.25, -0.2) is 4.39 Å². The second-order valence-electron chi connectivity index (χ2n) is 6.43. The van der Waals surface area contributed by atoms with Crippen LogP contribution in [-0.4, -0.2) is 16.8 Å². The van der Waals surface area contributed by atoms with Gasteiger partial charge in [-0.15, -0.1) is 11.3 Å². The molecule has 0 spiro atoms. The molecule has 0 radical (unpaired) electrons. The number of anilines is 1. The standard InChI is InChI=1S/C18H17F4N3O2S/c1-9(26)25-17-15(11-4-2-3-5-14(11)28-17)16(27)24-8-13-12(19)6-10(7-23-13)18(20,21)22/h6-7H,2-5,8H2,1H3,(H,24,27)(H,25,26). The van der Waals surface area contributed by atoms with Gasteiger partial charge in [-0.2, -0.15) is 13.2 Å². The first-order chi connectivity index (χ1) is 13.2. The largest absolute Gasteiger partial charge is 0.417 e. The lowest BCUT2D eigenvalue weighted by Gasteiger charge is -2.13. The fourth-order valence-electron chi connectivity index (χ4n) is 3.06. The van der Waals surface area contributed by atoms with Crippen LogP contribution in [0.3, 0.4) is 0 Å². The number of amides is 2. The number of carbonyl (C=O) groups is 2. The molecule has 0 bridgehead atoms. The first-order valence-electron chi connectivity index (χ1n) is 8.58. The van der Waals surface area contributed by atoms with E-state index in [1.807, 2.05) is 0 Å². The van der Waals surface area contributed by atoms with Crippen LogP contribution < -0.4 is 10.6 Å². The van der Waals surface area contributed by atoms with Gasteiger partial charge in [0.15, 0.2) is 0 Å². The summed E-state index contributed by atoms with van der Waals surface area (Å²) >= 11 is 1.34. The summed E-state index contributed by atoms with van der Waals surface area (Å²) in [4.78, 5) is 28.7. The first-order valence-corrected chi connectivity index (χ1v) is 9.40. The molecule has 0 saturated carbocycles. The fourth-order valence-corrected chi connectivity index (χ4v) is 4.39. The van der Waals surface area contributed by atoms with Crippen LogP contribution >= 0.6 is 11.3 Å². The Kier molecular flexibility index (Phi) is 5.69. The van der Waals surface area contributed by atoms with E-state index in [0.717, 1.165) is 29.7 Å². The van der Waals surface area contributed by atoms with Crippen molar-refractivity contribution in [3.05, 3.63) is 45.3 Å². The van der Waals surface area contributed by atoms with Gasteiger partial charge in [0, 0.05) is 18.0 Å². The van der Waals surface area contributed by atoms with Crippen LogP contribution in [-0.2, 0) is 30.4 Å². The molecule has 2 aromatic rings. The summed E-state index contributed by atoms with van der Waals surface area (Å²) < 4.78 is 51.7. The third-order valence-electron chi connectivity index (χ3n) is 4.35. The van der Waals surface area contributed by atoms with Crippen LogP contribution in [0.2, 0.25) is 0 Å². The summed E-state index contributed by atoms with van der Waals surface area (Å²) in [6.45, 7) is 0.967. The number of alkyl halides is 3. The Balaban J connectivity index is 1.80. The lowest BCUT2D eigenvalue weighted by atomic mass is 9.95. The van der Waals surface area contributed by atoms with Gasteiger partial charge in [0.1, 0.15) is 10.8 Å². The molecule has 0 atom stereocenters. The number of hydrogen-bond donors (Lipinski definition) is 2. The highest BCUT2D eigenvalue weighted by Gasteiger charge is 2.32. The summed E-state index contributed by atoms with van der Waals surface area (Å²) in [5, 5.41) is 5.57. The van der Waals surface area contributed by atoms with Crippen molar-refractivity contribution in [2.45, 2.75) is 45.3 Å². The zero-order valence-electron chi connectivity index (χ0n) is 14.9. The predicted octanol–water partition coefficient (Wildman–Crippen LogP) is 4.07. The molecule has 1 aliphatic carbocycles. The summed E-state index contributed by atoms with van der Waals surface area (Å²) in [6.07, 6.45) is -0.748. The third kappa shape index (κ3) is 4.32. The molecule has 0 aliphatic heterocycles. The van der Waals surface area contributed by atoms with Crippen molar-refractivity contribution in [1.82, 2.24) is 10.3 Å². The molecule has 150 valence electrons. The van der Waals surface area contributed by atoms with Crippen molar-refractivity contribution >= 4 is 28.2 Å². The number of pyridine rings is 1. The van der Waals surface area contributed by atoms with Gasteiger partial charge in [0.25, 0.3) is 5.91 Å². The maximum Gasteiger partial charge on any atom is 0.417 e. The molecular formula is C18H17F4N3O2S. The molecule has 2 aromatic heterocycles. The lowest BCUT2D eigenvalue weighted by Crippen LogP contribution is -2.26. The van der Waals surface area contributed by atoms with Crippen LogP contribution in [0.15, 0.2) is 12.3 Å². The molecule has 0 unspecified atom stereocenters. The quantitative estimate of drug-likeness (QED) is 0.740. The first kappa shape index (κ1) is 20.2. The summed E-state index contributed by atoms with van der Waals surface area (Å²) in [5.41, 5.74) is -0.299. The van der Waals surface area contributed by atoms with Crippen molar-refractivity contribution in [3.8, 4) is 0 Å². The van der Waals surface area contributed by atoms with Crippen molar-refractivity contribution in [2.24, 2.45) is 0 Å². The van der Waals surface area contributed by atoms with E-state index in [-0.39, 0.29) is 18.1 Å². The van der Waals surface area contributed by atoms with Crippen molar-refractivity contribution in [2.75, 3.05) is 5.32 Å². The Morgan fingerprint density at radius 1 is 1.25 bits per heavy atom. The SMILES string of the molecule is CC(=O)Nc1sc2c(c1C(=O)NCc1ncc(C(F)(F)F)cc1F)CCCC2. The number of carbonyl (C=O) groups excluding carboxylic acids is 2. The highest BCUT2D eigenvalue weighted by atomic mass is 32.1. The number of nitrogens with zero attached hydrogens (tertiary/aromatic N) is 1. The minimum Gasteiger partial charge on any atom is -0.346 e. The summed E-state index contributed by atoms with van der Waals surface area (Å²) in [6, 6.07) is 0.351. The van der Waals surface area contributed by atoms with E-state index in [2.05, 4.69) is 15.6 Å². The zero-order chi connectivity index (χ0) is 20.5. The number of fused-ring (bicyclic) bond motifs is 1. The topological polar surface area (TPSA) is 71.1 Å². The van der Waals surface area contributed by atoms with E-state index < -0.39 is 23.5 Å². The molecule has 2 amide bonds. The Hall–Kier alpha value is -2.49. The number of halogens is 4. The number of aryl methyl sites for hydroxylation is 1. The summed E-state index contributed by atoms with van der Waals surface area (Å²) in [5.74, 6) is -1.99. The van der Waals surface area contributed by atoms with Gasteiger partial charge < -0.3 is 10.6 Å². The van der Waals surface area contributed by atoms with Gasteiger partial charge >= 0.3 is 6.18 Å². The Labute approximate surface area is 162 Å². The highest BCUT2D eigenvalue weighted by Crippen LogP contribution is 2.38. The third-order valence-corrected chi connectivity index (χ3v) is 5.56. The molecule has 10 heteroatoms. The van der Waals surface area contributed by atoms with E-state index in [4.69, 9.17) is 0 Å². The van der Waals surface area contributed by atoms with E-state index in [1.54, 1.807) is 0 Å². The molecule has 1 aliphatic rings.